The molecule has 0 bridgehead atoms. The molecule has 0 aliphatic heterocycles. The zero-order valence-corrected chi connectivity index (χ0v) is 12.3. The Hall–Kier alpha value is -0.550. The molecule has 1 rings (SSSR count). The maximum absolute atomic E-state index is 9.26. The molecule has 1 aliphatic carbocycles. The molecular weight excluding hydrogens is 220 g/mol. The van der Waals surface area contributed by atoms with E-state index < -0.39 is 0 Å². The van der Waals surface area contributed by atoms with E-state index in [0.29, 0.717) is 12.1 Å². The van der Waals surface area contributed by atoms with E-state index >= 15 is 0 Å². The van der Waals surface area contributed by atoms with Crippen LogP contribution in [0, 0.1) is 17.2 Å². The quantitative estimate of drug-likeness (QED) is 0.536. The Morgan fingerprint density at radius 3 is 2.67 bits per heavy atom. The second-order valence-electron chi connectivity index (χ2n) is 5.90. The fourth-order valence-corrected chi connectivity index (χ4v) is 2.99. The number of nitrogens with one attached hydrogen (secondary N) is 1. The van der Waals surface area contributed by atoms with Gasteiger partial charge in [0.1, 0.15) is 0 Å². The summed E-state index contributed by atoms with van der Waals surface area (Å²) in [6, 6.07) is 3.53. The lowest BCUT2D eigenvalue weighted by atomic mass is 9.95. The number of nitriles is 1. The van der Waals surface area contributed by atoms with Gasteiger partial charge >= 0.3 is 0 Å². The van der Waals surface area contributed by atoms with Gasteiger partial charge in [-0.05, 0) is 26.2 Å². The molecule has 0 radical (unpaired) electrons. The first-order valence-electron chi connectivity index (χ1n) is 7.93. The summed E-state index contributed by atoms with van der Waals surface area (Å²) in [5.74, 6) is 0.241. The topological polar surface area (TPSA) is 35.8 Å². The summed E-state index contributed by atoms with van der Waals surface area (Å²) in [6.45, 7) is 4.54. The van der Waals surface area contributed by atoms with Crippen molar-refractivity contribution in [1.82, 2.24) is 5.32 Å². The van der Waals surface area contributed by atoms with Crippen molar-refractivity contribution >= 4 is 0 Å². The molecule has 0 heterocycles. The predicted molar refractivity (Wildman–Crippen MR) is 77.3 cm³/mol. The lowest BCUT2D eigenvalue weighted by Gasteiger charge is -2.25. The molecule has 3 unspecified atom stereocenters. The van der Waals surface area contributed by atoms with Crippen molar-refractivity contribution in [1.29, 1.82) is 5.26 Å². The highest BCUT2D eigenvalue weighted by Crippen LogP contribution is 2.23. The molecule has 0 saturated heterocycles. The molecule has 0 aromatic heterocycles. The van der Waals surface area contributed by atoms with E-state index in [9.17, 15) is 5.26 Å². The number of rotatable bonds is 7. The summed E-state index contributed by atoms with van der Waals surface area (Å²) in [5.41, 5.74) is 0. The van der Waals surface area contributed by atoms with Crippen LogP contribution in [0.15, 0.2) is 0 Å². The van der Waals surface area contributed by atoms with E-state index in [4.69, 9.17) is 0 Å². The van der Waals surface area contributed by atoms with Crippen molar-refractivity contribution in [2.75, 3.05) is 0 Å². The predicted octanol–water partition coefficient (Wildman–Crippen LogP) is 4.41. The average Bonchev–Trinajstić information content (AvgIpc) is 2.59. The Morgan fingerprint density at radius 2 is 1.94 bits per heavy atom. The summed E-state index contributed by atoms with van der Waals surface area (Å²) in [5, 5.41) is 13.0. The smallest absolute Gasteiger partial charge is 0.0672 e. The van der Waals surface area contributed by atoms with Crippen LogP contribution >= 0.6 is 0 Å². The molecular formula is C16H30N2. The summed E-state index contributed by atoms with van der Waals surface area (Å²) < 4.78 is 0. The van der Waals surface area contributed by atoms with Crippen molar-refractivity contribution in [3.05, 3.63) is 0 Å². The third-order valence-electron chi connectivity index (χ3n) is 4.17. The highest BCUT2D eigenvalue weighted by atomic mass is 14.9. The minimum absolute atomic E-state index is 0.241. The first kappa shape index (κ1) is 15.5. The highest BCUT2D eigenvalue weighted by Gasteiger charge is 2.24. The van der Waals surface area contributed by atoms with Gasteiger partial charge in [0.25, 0.3) is 0 Å². The Labute approximate surface area is 113 Å². The molecule has 3 atom stereocenters. The van der Waals surface area contributed by atoms with Gasteiger partial charge in [-0.3, -0.25) is 0 Å². The lowest BCUT2D eigenvalue weighted by molar-refractivity contribution is 0.343. The minimum Gasteiger partial charge on any atom is -0.310 e. The van der Waals surface area contributed by atoms with Crippen LogP contribution in [0.3, 0.4) is 0 Å². The normalized spacial score (nSPS) is 26.3. The van der Waals surface area contributed by atoms with Crippen molar-refractivity contribution in [3.63, 3.8) is 0 Å². The third-order valence-corrected chi connectivity index (χ3v) is 4.17. The molecule has 0 amide bonds. The minimum atomic E-state index is 0.241. The second kappa shape index (κ2) is 9.39. The maximum atomic E-state index is 9.26. The van der Waals surface area contributed by atoms with E-state index in [-0.39, 0.29) is 5.92 Å². The molecule has 1 saturated carbocycles. The standard InChI is InChI=1S/C16H30N2/c1-3-4-5-7-10-14(2)18-16-12-9-6-8-11-15(16)13-17/h14-16,18H,3-12H2,1-2H3. The number of hydrogen-bond donors (Lipinski definition) is 1. The van der Waals surface area contributed by atoms with Gasteiger partial charge in [-0.2, -0.15) is 5.26 Å². The lowest BCUT2D eigenvalue weighted by Crippen LogP contribution is -2.40. The Morgan fingerprint density at radius 1 is 1.17 bits per heavy atom. The van der Waals surface area contributed by atoms with Crippen molar-refractivity contribution < 1.29 is 0 Å². The molecule has 1 N–H and O–H groups in total. The molecule has 2 nitrogen and oxygen atoms in total. The number of unbranched alkanes of at least 4 members (excludes halogenated alkanes) is 3. The Balaban J connectivity index is 2.27. The van der Waals surface area contributed by atoms with Crippen LogP contribution in [0.4, 0.5) is 0 Å². The molecule has 1 aliphatic rings. The van der Waals surface area contributed by atoms with Crippen LogP contribution in [-0.2, 0) is 0 Å². The second-order valence-corrected chi connectivity index (χ2v) is 5.90. The molecule has 0 aromatic carbocycles. The number of hydrogen-bond acceptors (Lipinski definition) is 2. The van der Waals surface area contributed by atoms with Gasteiger partial charge in [-0.25, -0.2) is 0 Å². The van der Waals surface area contributed by atoms with Crippen molar-refractivity contribution in [2.24, 2.45) is 5.92 Å². The van der Waals surface area contributed by atoms with E-state index in [0.717, 1.165) is 6.42 Å². The molecule has 18 heavy (non-hydrogen) atoms. The zero-order valence-electron chi connectivity index (χ0n) is 12.3. The summed E-state index contributed by atoms with van der Waals surface area (Å²) >= 11 is 0. The van der Waals surface area contributed by atoms with Crippen molar-refractivity contribution in [2.45, 2.75) is 90.1 Å². The molecule has 104 valence electrons. The fraction of sp³-hybridized carbons (Fsp3) is 0.938. The zero-order chi connectivity index (χ0) is 13.2. The molecule has 0 spiro atoms. The van der Waals surface area contributed by atoms with Crippen molar-refractivity contribution in [3.8, 4) is 6.07 Å². The molecule has 0 aromatic rings. The van der Waals surface area contributed by atoms with Gasteiger partial charge < -0.3 is 5.32 Å². The molecule has 1 fully saturated rings. The van der Waals surface area contributed by atoms with E-state index in [1.807, 2.05) is 0 Å². The van der Waals surface area contributed by atoms with Gasteiger partial charge in [0.2, 0.25) is 0 Å². The van der Waals surface area contributed by atoms with Crippen LogP contribution in [0.5, 0.6) is 0 Å². The van der Waals surface area contributed by atoms with Crippen LogP contribution in [0.2, 0.25) is 0 Å². The van der Waals surface area contributed by atoms with Gasteiger partial charge in [0.05, 0.1) is 12.0 Å². The van der Waals surface area contributed by atoms with E-state index in [2.05, 4.69) is 25.2 Å². The summed E-state index contributed by atoms with van der Waals surface area (Å²) in [7, 11) is 0. The van der Waals surface area contributed by atoms with Gasteiger partial charge in [-0.1, -0.05) is 51.9 Å². The number of nitrogens with zero attached hydrogens (tertiary/aromatic N) is 1. The fourth-order valence-electron chi connectivity index (χ4n) is 2.99. The maximum Gasteiger partial charge on any atom is 0.0672 e. The van der Waals surface area contributed by atoms with Crippen LogP contribution in [-0.4, -0.2) is 12.1 Å². The first-order chi connectivity index (χ1) is 8.77. The van der Waals surface area contributed by atoms with Gasteiger partial charge in [-0.15, -0.1) is 0 Å². The largest absolute Gasteiger partial charge is 0.310 e. The monoisotopic (exact) mass is 250 g/mol. The van der Waals surface area contributed by atoms with Crippen LogP contribution < -0.4 is 5.32 Å². The van der Waals surface area contributed by atoms with E-state index in [1.165, 1.54) is 57.8 Å². The SMILES string of the molecule is CCCCCCC(C)NC1CCCCCC1C#N. The Kier molecular flexibility index (Phi) is 8.09. The third kappa shape index (κ3) is 5.87. The molecule has 2 heteroatoms. The summed E-state index contributed by atoms with van der Waals surface area (Å²) in [4.78, 5) is 0. The highest BCUT2D eigenvalue weighted by molar-refractivity contribution is 4.94. The van der Waals surface area contributed by atoms with E-state index in [1.54, 1.807) is 0 Å². The summed E-state index contributed by atoms with van der Waals surface area (Å²) in [6.07, 6.45) is 12.7. The Bertz CT molecular complexity index is 244. The van der Waals surface area contributed by atoms with Crippen LogP contribution in [0.25, 0.3) is 0 Å². The average molecular weight is 250 g/mol. The first-order valence-corrected chi connectivity index (χ1v) is 7.93. The van der Waals surface area contributed by atoms with Crippen LogP contribution in [0.1, 0.15) is 78.1 Å². The van der Waals surface area contributed by atoms with Gasteiger partial charge in [0, 0.05) is 12.1 Å². The van der Waals surface area contributed by atoms with Gasteiger partial charge in [0.15, 0.2) is 0 Å².